The lowest BCUT2D eigenvalue weighted by atomic mass is 10.0. The molecule has 0 atom stereocenters. The van der Waals surface area contributed by atoms with E-state index in [2.05, 4.69) is 30.1 Å². The number of unbranched alkanes of at least 4 members (excludes halogenated alkanes) is 9. The first-order valence-corrected chi connectivity index (χ1v) is 12.5. The second-order valence-electron chi connectivity index (χ2n) is 8.74. The number of ether oxygens (including phenoxy) is 1. The molecule has 5 nitrogen and oxygen atoms in total. The van der Waals surface area contributed by atoms with Gasteiger partial charge >= 0.3 is 0 Å². The van der Waals surface area contributed by atoms with Crippen LogP contribution in [0.4, 0.5) is 0 Å². The summed E-state index contributed by atoms with van der Waals surface area (Å²) in [4.78, 5) is 1.51. The molecule has 0 aliphatic carbocycles. The molecule has 0 radical (unpaired) electrons. The van der Waals surface area contributed by atoms with Gasteiger partial charge in [-0.05, 0) is 49.1 Å². The monoisotopic (exact) mass is 437 g/mol. The minimum atomic E-state index is 0.220. The summed E-state index contributed by atoms with van der Waals surface area (Å²) in [5.74, 6) is 1.01. The van der Waals surface area contributed by atoms with Gasteiger partial charge in [0.2, 0.25) is 0 Å². The molecule has 0 amide bonds. The molecule has 1 aromatic heterocycles. The minimum Gasteiger partial charge on any atom is -0.506 e. The molecule has 1 heterocycles. The molecule has 0 bridgehead atoms. The Morgan fingerprint density at radius 3 is 2.12 bits per heavy atom. The number of rotatable bonds is 15. The number of aromatic hydroxyl groups is 1. The molecule has 0 unspecified atom stereocenters. The summed E-state index contributed by atoms with van der Waals surface area (Å²) in [5.41, 5.74) is 3.30. The van der Waals surface area contributed by atoms with Crippen molar-refractivity contribution in [3.05, 3.63) is 42.0 Å². The van der Waals surface area contributed by atoms with Gasteiger partial charge < -0.3 is 9.84 Å². The predicted molar refractivity (Wildman–Crippen MR) is 132 cm³/mol. The summed E-state index contributed by atoms with van der Waals surface area (Å²) in [6.07, 6.45) is 15.3. The first-order chi connectivity index (χ1) is 15.7. The second-order valence-corrected chi connectivity index (χ2v) is 8.74. The highest BCUT2D eigenvalue weighted by Crippen LogP contribution is 2.25. The van der Waals surface area contributed by atoms with Crippen LogP contribution < -0.4 is 4.74 Å². The minimum absolute atomic E-state index is 0.220. The normalized spacial score (nSPS) is 11.3. The maximum Gasteiger partial charge on any atom is 0.143 e. The summed E-state index contributed by atoms with van der Waals surface area (Å²) in [5, 5.41) is 19.6. The predicted octanol–water partition coefficient (Wildman–Crippen LogP) is 7.38. The van der Waals surface area contributed by atoms with Crippen LogP contribution in [0.2, 0.25) is 0 Å². The van der Waals surface area contributed by atoms with Crippen LogP contribution in [-0.2, 0) is 6.42 Å². The van der Waals surface area contributed by atoms with Gasteiger partial charge in [0.1, 0.15) is 28.2 Å². The molecular weight excluding hydrogens is 398 g/mol. The Morgan fingerprint density at radius 2 is 1.44 bits per heavy atom. The maximum atomic E-state index is 10.6. The highest BCUT2D eigenvalue weighted by atomic mass is 16.5. The second kappa shape index (κ2) is 13.1. The van der Waals surface area contributed by atoms with Gasteiger partial charge in [-0.2, -0.15) is 0 Å². The van der Waals surface area contributed by atoms with Crippen molar-refractivity contribution in [2.45, 2.75) is 90.9 Å². The zero-order valence-electron chi connectivity index (χ0n) is 19.9. The Balaban J connectivity index is 1.46. The summed E-state index contributed by atoms with van der Waals surface area (Å²) < 4.78 is 5.68. The van der Waals surface area contributed by atoms with E-state index < -0.39 is 0 Å². The Labute approximate surface area is 192 Å². The number of nitrogens with zero attached hydrogens (tertiary/aromatic N) is 3. The third-order valence-electron chi connectivity index (χ3n) is 5.90. The first-order valence-electron chi connectivity index (χ1n) is 12.5. The average molecular weight is 438 g/mol. The largest absolute Gasteiger partial charge is 0.506 e. The summed E-state index contributed by atoms with van der Waals surface area (Å²) >= 11 is 0. The van der Waals surface area contributed by atoms with E-state index in [-0.39, 0.29) is 5.75 Å². The van der Waals surface area contributed by atoms with Crippen molar-refractivity contribution in [2.24, 2.45) is 0 Å². The zero-order chi connectivity index (χ0) is 22.6. The fourth-order valence-electron chi connectivity index (χ4n) is 4.02. The Kier molecular flexibility index (Phi) is 9.86. The van der Waals surface area contributed by atoms with Crippen LogP contribution in [0.15, 0.2) is 36.4 Å². The quantitative estimate of drug-likeness (QED) is 0.252. The van der Waals surface area contributed by atoms with Crippen LogP contribution in [-0.4, -0.2) is 26.7 Å². The summed E-state index contributed by atoms with van der Waals surface area (Å²) in [6, 6.07) is 11.5. The van der Waals surface area contributed by atoms with Crippen LogP contribution in [0.3, 0.4) is 0 Å². The molecule has 1 N–H and O–H groups in total. The molecule has 0 fully saturated rings. The van der Waals surface area contributed by atoms with Crippen molar-refractivity contribution in [3.63, 3.8) is 0 Å². The van der Waals surface area contributed by atoms with Crippen molar-refractivity contribution in [3.8, 4) is 17.2 Å². The lowest BCUT2D eigenvalue weighted by molar-refractivity contribution is 0.318. The number of fused-ring (bicyclic) bond motifs is 1. The SMILES string of the molecule is CCCCCCCCCCCCc1ccc(-n2nc3ccc(OCCC)cc3n2)c(O)c1. The van der Waals surface area contributed by atoms with Gasteiger partial charge in [-0.15, -0.1) is 15.0 Å². The van der Waals surface area contributed by atoms with E-state index in [0.29, 0.717) is 12.3 Å². The lowest BCUT2D eigenvalue weighted by Gasteiger charge is -2.07. The van der Waals surface area contributed by atoms with Crippen molar-refractivity contribution in [1.29, 1.82) is 0 Å². The fourth-order valence-corrected chi connectivity index (χ4v) is 4.02. The van der Waals surface area contributed by atoms with Gasteiger partial charge in [-0.25, -0.2) is 0 Å². The van der Waals surface area contributed by atoms with Crippen LogP contribution in [0.5, 0.6) is 11.5 Å². The number of aryl methyl sites for hydroxylation is 1. The topological polar surface area (TPSA) is 60.2 Å². The number of hydrogen-bond acceptors (Lipinski definition) is 4. The Bertz CT molecular complexity index is 951. The molecule has 3 aromatic rings. The molecule has 0 spiro atoms. The number of aromatic nitrogens is 3. The van der Waals surface area contributed by atoms with E-state index in [1.165, 1.54) is 69.0 Å². The van der Waals surface area contributed by atoms with Gasteiger partial charge in [0.25, 0.3) is 0 Å². The van der Waals surface area contributed by atoms with Crippen LogP contribution in [0.1, 0.15) is 90.0 Å². The van der Waals surface area contributed by atoms with Gasteiger partial charge in [0, 0.05) is 6.07 Å². The Morgan fingerprint density at radius 1 is 0.750 bits per heavy atom. The standard InChI is InChI=1S/C27H39N3O2/c1-3-5-6-7-8-9-10-11-12-13-14-22-15-18-26(27(31)20-22)30-28-24-17-16-23(32-19-4-2)21-25(24)29-30/h15-18,20-21,31H,3-14,19H2,1-2H3. The molecular formula is C27H39N3O2. The third kappa shape index (κ3) is 7.25. The number of hydrogen-bond donors (Lipinski definition) is 1. The molecule has 174 valence electrons. The number of phenolic OH excluding ortho intramolecular Hbond substituents is 1. The number of benzene rings is 2. The van der Waals surface area contributed by atoms with Gasteiger partial charge in [-0.1, -0.05) is 77.7 Å². The van der Waals surface area contributed by atoms with Crippen molar-refractivity contribution >= 4 is 11.0 Å². The van der Waals surface area contributed by atoms with Crippen LogP contribution in [0, 0.1) is 0 Å². The summed E-state index contributed by atoms with van der Waals surface area (Å²) in [6.45, 7) is 5.03. The van der Waals surface area contributed by atoms with Gasteiger partial charge in [0.15, 0.2) is 0 Å². The fraction of sp³-hybridized carbons (Fsp3) is 0.556. The molecule has 32 heavy (non-hydrogen) atoms. The van der Waals surface area contributed by atoms with Gasteiger partial charge in [0.05, 0.1) is 6.61 Å². The molecule has 3 rings (SSSR count). The molecule has 0 saturated carbocycles. The molecule has 5 heteroatoms. The molecule has 0 aliphatic rings. The first kappa shape index (κ1) is 24.1. The zero-order valence-corrected chi connectivity index (χ0v) is 19.9. The van der Waals surface area contributed by atoms with E-state index in [0.717, 1.165) is 35.2 Å². The van der Waals surface area contributed by atoms with Gasteiger partial charge in [-0.3, -0.25) is 0 Å². The van der Waals surface area contributed by atoms with E-state index in [1.807, 2.05) is 30.3 Å². The molecule has 0 saturated heterocycles. The van der Waals surface area contributed by atoms with E-state index in [9.17, 15) is 5.11 Å². The molecule has 2 aromatic carbocycles. The summed E-state index contributed by atoms with van der Waals surface area (Å²) in [7, 11) is 0. The lowest BCUT2D eigenvalue weighted by Crippen LogP contribution is -1.99. The highest BCUT2D eigenvalue weighted by Gasteiger charge is 2.10. The van der Waals surface area contributed by atoms with Crippen molar-refractivity contribution in [1.82, 2.24) is 15.0 Å². The van der Waals surface area contributed by atoms with E-state index in [4.69, 9.17) is 4.74 Å². The Hall–Kier alpha value is -2.56. The average Bonchev–Trinajstić information content (AvgIpc) is 3.22. The third-order valence-corrected chi connectivity index (χ3v) is 5.90. The van der Waals surface area contributed by atoms with E-state index in [1.54, 1.807) is 0 Å². The highest BCUT2D eigenvalue weighted by molar-refractivity contribution is 5.75. The van der Waals surface area contributed by atoms with Crippen LogP contribution >= 0.6 is 0 Å². The van der Waals surface area contributed by atoms with E-state index >= 15 is 0 Å². The number of phenols is 1. The van der Waals surface area contributed by atoms with Crippen molar-refractivity contribution < 1.29 is 9.84 Å². The smallest absolute Gasteiger partial charge is 0.143 e. The van der Waals surface area contributed by atoms with Crippen molar-refractivity contribution in [2.75, 3.05) is 6.61 Å². The maximum absolute atomic E-state index is 10.6. The molecule has 0 aliphatic heterocycles. The van der Waals surface area contributed by atoms with Crippen LogP contribution in [0.25, 0.3) is 16.7 Å².